The Balaban J connectivity index is 1.58. The molecule has 32 heavy (non-hydrogen) atoms. The van der Waals surface area contributed by atoms with Crippen LogP contribution in [0.3, 0.4) is 0 Å². The Morgan fingerprint density at radius 1 is 1.06 bits per heavy atom. The maximum Gasteiger partial charge on any atom is 0.291 e. The largest absolute Gasteiger partial charge is 0.493 e. The zero-order chi connectivity index (χ0) is 22.5. The van der Waals surface area contributed by atoms with Gasteiger partial charge in [-0.15, -0.1) is 5.10 Å². The molecule has 4 aromatic rings. The van der Waals surface area contributed by atoms with Gasteiger partial charge in [0.25, 0.3) is 5.56 Å². The van der Waals surface area contributed by atoms with Gasteiger partial charge in [-0.2, -0.15) is 9.50 Å². The van der Waals surface area contributed by atoms with Crippen molar-refractivity contribution in [2.24, 2.45) is 0 Å². The van der Waals surface area contributed by atoms with E-state index in [0.717, 1.165) is 24.0 Å². The minimum Gasteiger partial charge on any atom is -0.493 e. The van der Waals surface area contributed by atoms with Crippen molar-refractivity contribution in [3.8, 4) is 11.5 Å². The van der Waals surface area contributed by atoms with Crippen LogP contribution >= 0.6 is 11.3 Å². The van der Waals surface area contributed by atoms with E-state index in [9.17, 15) is 4.79 Å². The van der Waals surface area contributed by atoms with E-state index < -0.39 is 0 Å². The van der Waals surface area contributed by atoms with Crippen molar-refractivity contribution in [3.05, 3.63) is 79.9 Å². The second kappa shape index (κ2) is 9.78. The zero-order valence-corrected chi connectivity index (χ0v) is 19.2. The van der Waals surface area contributed by atoms with Gasteiger partial charge in [0.15, 0.2) is 17.3 Å². The molecule has 2 aromatic carbocycles. The molecule has 0 aliphatic carbocycles. The third kappa shape index (κ3) is 4.89. The number of methoxy groups -OCH3 is 1. The second-order valence-electron chi connectivity index (χ2n) is 7.44. The third-order valence-corrected chi connectivity index (χ3v) is 5.90. The number of thiazole rings is 1. The average Bonchev–Trinajstić information content (AvgIpc) is 3.33. The number of aryl methyl sites for hydroxylation is 1. The van der Waals surface area contributed by atoms with Crippen LogP contribution in [0.5, 0.6) is 11.5 Å². The smallest absolute Gasteiger partial charge is 0.291 e. The summed E-state index contributed by atoms with van der Waals surface area (Å²) in [6.45, 7) is 4.82. The predicted octanol–water partition coefficient (Wildman–Crippen LogP) is 4.37. The minimum absolute atomic E-state index is 0.185. The normalized spacial score (nSPS) is 12.2. The fraction of sp³-hybridized carbons (Fsp3) is 0.240. The van der Waals surface area contributed by atoms with E-state index in [1.54, 1.807) is 7.11 Å². The molecular formula is C25H25N3O3S. The van der Waals surface area contributed by atoms with Crippen molar-refractivity contribution in [2.75, 3.05) is 13.7 Å². The minimum atomic E-state index is -0.185. The summed E-state index contributed by atoms with van der Waals surface area (Å²) >= 11 is 1.31. The van der Waals surface area contributed by atoms with Gasteiger partial charge in [0.2, 0.25) is 4.96 Å². The third-order valence-electron chi connectivity index (χ3n) is 4.94. The first-order valence-electron chi connectivity index (χ1n) is 10.5. The van der Waals surface area contributed by atoms with Gasteiger partial charge in [0.05, 0.1) is 18.2 Å². The van der Waals surface area contributed by atoms with Gasteiger partial charge in [-0.25, -0.2) is 0 Å². The summed E-state index contributed by atoms with van der Waals surface area (Å²) in [4.78, 5) is 17.9. The van der Waals surface area contributed by atoms with E-state index in [1.165, 1.54) is 21.4 Å². The van der Waals surface area contributed by atoms with E-state index in [1.807, 2.05) is 48.6 Å². The fourth-order valence-electron chi connectivity index (χ4n) is 3.14. The molecule has 0 aliphatic heterocycles. The molecule has 0 aliphatic rings. The van der Waals surface area contributed by atoms with Crippen LogP contribution in [0.1, 0.15) is 42.3 Å². The summed E-state index contributed by atoms with van der Waals surface area (Å²) in [5.74, 6) is 1.86. The van der Waals surface area contributed by atoms with Gasteiger partial charge < -0.3 is 9.47 Å². The van der Waals surface area contributed by atoms with E-state index in [0.29, 0.717) is 33.4 Å². The summed E-state index contributed by atoms with van der Waals surface area (Å²) in [5, 5.41) is 4.35. The Morgan fingerprint density at radius 3 is 2.56 bits per heavy atom. The van der Waals surface area contributed by atoms with E-state index >= 15 is 0 Å². The van der Waals surface area contributed by atoms with Crippen molar-refractivity contribution in [1.29, 1.82) is 0 Å². The summed E-state index contributed by atoms with van der Waals surface area (Å²) < 4.78 is 13.2. The number of aromatic nitrogens is 3. The van der Waals surface area contributed by atoms with E-state index in [2.05, 4.69) is 36.1 Å². The Morgan fingerprint density at radius 2 is 1.84 bits per heavy atom. The molecule has 2 heterocycles. The van der Waals surface area contributed by atoms with Crippen LogP contribution in [0.15, 0.2) is 47.3 Å². The van der Waals surface area contributed by atoms with E-state index in [-0.39, 0.29) is 5.56 Å². The highest BCUT2D eigenvalue weighted by Crippen LogP contribution is 2.28. The molecule has 0 saturated heterocycles. The molecule has 7 heteroatoms. The molecule has 2 aromatic heterocycles. The fourth-order valence-corrected chi connectivity index (χ4v) is 4.05. The van der Waals surface area contributed by atoms with Crippen molar-refractivity contribution in [2.45, 2.75) is 26.7 Å². The molecule has 164 valence electrons. The van der Waals surface area contributed by atoms with E-state index in [4.69, 9.17) is 9.47 Å². The van der Waals surface area contributed by atoms with Crippen molar-refractivity contribution in [3.63, 3.8) is 0 Å². The van der Waals surface area contributed by atoms with Gasteiger partial charge in [-0.1, -0.05) is 66.7 Å². The molecule has 0 fully saturated rings. The molecule has 0 saturated carbocycles. The molecule has 0 amide bonds. The van der Waals surface area contributed by atoms with Gasteiger partial charge >= 0.3 is 0 Å². The maximum absolute atomic E-state index is 12.8. The first-order valence-corrected chi connectivity index (χ1v) is 11.4. The quantitative estimate of drug-likeness (QED) is 0.376. The first kappa shape index (κ1) is 21.8. The highest BCUT2D eigenvalue weighted by atomic mass is 32.1. The Hall–Kier alpha value is -3.45. The lowest BCUT2D eigenvalue weighted by atomic mass is 10.1. The van der Waals surface area contributed by atoms with Gasteiger partial charge in [-0.3, -0.25) is 4.79 Å². The van der Waals surface area contributed by atoms with Crippen molar-refractivity contribution >= 4 is 34.5 Å². The molecule has 0 bridgehead atoms. The zero-order valence-electron chi connectivity index (χ0n) is 18.4. The molecule has 4 rings (SSSR count). The number of ether oxygens (including phenoxy) is 2. The summed E-state index contributed by atoms with van der Waals surface area (Å²) in [6.07, 6.45) is 7.63. The van der Waals surface area contributed by atoms with Crippen LogP contribution in [0.25, 0.3) is 23.2 Å². The van der Waals surface area contributed by atoms with Crippen molar-refractivity contribution < 1.29 is 9.47 Å². The molecular weight excluding hydrogens is 422 g/mol. The summed E-state index contributed by atoms with van der Waals surface area (Å²) in [6, 6.07) is 13.8. The number of fused-ring (bicyclic) bond motifs is 1. The second-order valence-corrected chi connectivity index (χ2v) is 8.45. The maximum atomic E-state index is 12.8. The summed E-state index contributed by atoms with van der Waals surface area (Å²) in [5.41, 5.74) is 2.93. The molecule has 0 spiro atoms. The molecule has 0 unspecified atom stereocenters. The van der Waals surface area contributed by atoms with Crippen molar-refractivity contribution in [1.82, 2.24) is 14.6 Å². The Labute approximate surface area is 190 Å². The number of hydrogen-bond acceptors (Lipinski definition) is 6. The predicted molar refractivity (Wildman–Crippen MR) is 129 cm³/mol. The van der Waals surface area contributed by atoms with Crippen LogP contribution in [0.4, 0.5) is 0 Å². The van der Waals surface area contributed by atoms with Crippen LogP contribution in [0.2, 0.25) is 0 Å². The molecule has 0 N–H and O–H groups in total. The van der Waals surface area contributed by atoms with Crippen LogP contribution in [0, 0.1) is 6.92 Å². The average molecular weight is 448 g/mol. The number of hydrogen-bond donors (Lipinski definition) is 0. The highest BCUT2D eigenvalue weighted by molar-refractivity contribution is 7.15. The first-order chi connectivity index (χ1) is 15.6. The lowest BCUT2D eigenvalue weighted by molar-refractivity contribution is 0.288. The lowest BCUT2D eigenvalue weighted by Gasteiger charge is -2.10. The molecule has 0 atom stereocenters. The van der Waals surface area contributed by atoms with Crippen LogP contribution in [-0.2, 0) is 0 Å². The van der Waals surface area contributed by atoms with Gasteiger partial charge in [0.1, 0.15) is 0 Å². The Kier molecular flexibility index (Phi) is 6.66. The molecule has 0 radical (unpaired) electrons. The number of nitrogens with zero attached hydrogens (tertiary/aromatic N) is 3. The Bertz CT molecular complexity index is 1350. The standard InChI is InChI=1S/C25H25N3O3S/c1-4-5-14-31-20-12-10-19(15-21(20)30-3)16-22-24(29)28-25(32-22)26-23(27-28)13-11-18-8-6-17(2)7-9-18/h6-13,15-16H,4-5,14H2,1-3H3. The molecule has 6 nitrogen and oxygen atoms in total. The number of rotatable bonds is 8. The summed E-state index contributed by atoms with van der Waals surface area (Å²) in [7, 11) is 1.61. The topological polar surface area (TPSA) is 65.7 Å². The highest BCUT2D eigenvalue weighted by Gasteiger charge is 2.10. The monoisotopic (exact) mass is 447 g/mol. The van der Waals surface area contributed by atoms with Gasteiger partial charge in [-0.05, 0) is 48.8 Å². The van der Waals surface area contributed by atoms with Crippen LogP contribution in [-0.4, -0.2) is 28.3 Å². The van der Waals surface area contributed by atoms with Gasteiger partial charge in [0, 0.05) is 0 Å². The SMILES string of the molecule is CCCCOc1ccc(C=c2sc3nc(C=Cc4ccc(C)cc4)nn3c2=O)cc1OC. The van der Waals surface area contributed by atoms with Crippen LogP contribution < -0.4 is 19.6 Å². The number of benzene rings is 2. The lowest BCUT2D eigenvalue weighted by Crippen LogP contribution is -2.23. The number of unbranched alkanes of at least 4 members (excludes halogenated alkanes) is 1.